The molecule has 0 aromatic carbocycles. The van der Waals surface area contributed by atoms with Gasteiger partial charge in [-0.3, -0.25) is 15.0 Å². The Morgan fingerprint density at radius 2 is 2.33 bits per heavy atom. The predicted molar refractivity (Wildman–Crippen MR) is 60.0 cm³/mol. The van der Waals surface area contributed by atoms with Crippen molar-refractivity contribution in [3.8, 4) is 0 Å². The lowest BCUT2D eigenvalue weighted by Gasteiger charge is -2.20. The molecule has 0 spiro atoms. The second kappa shape index (κ2) is 4.52. The van der Waals surface area contributed by atoms with Gasteiger partial charge in [-0.25, -0.2) is 4.79 Å². The maximum absolute atomic E-state index is 12.0. The summed E-state index contributed by atoms with van der Waals surface area (Å²) in [6.45, 7) is 1.61. The largest absolute Gasteiger partial charge is 0.469 e. The Morgan fingerprint density at radius 3 is 2.94 bits per heavy atom. The van der Waals surface area contributed by atoms with Gasteiger partial charge in [0.2, 0.25) is 6.41 Å². The van der Waals surface area contributed by atoms with E-state index in [1.165, 1.54) is 0 Å². The van der Waals surface area contributed by atoms with Crippen LogP contribution in [0.1, 0.15) is 19.1 Å². The number of imide groups is 1. The number of nitrogens with one attached hydrogen (secondary N) is 2. The van der Waals surface area contributed by atoms with E-state index in [-0.39, 0.29) is 6.41 Å². The molecule has 0 bridgehead atoms. The summed E-state index contributed by atoms with van der Waals surface area (Å²) < 4.78 is 5.17. The Labute approximate surface area is 103 Å². The van der Waals surface area contributed by atoms with Crippen molar-refractivity contribution in [3.63, 3.8) is 0 Å². The van der Waals surface area contributed by atoms with Crippen LogP contribution in [0.25, 0.3) is 0 Å². The van der Waals surface area contributed by atoms with Crippen LogP contribution in [-0.2, 0) is 16.0 Å². The second-order valence-electron chi connectivity index (χ2n) is 4.23. The number of rotatable bonds is 5. The molecule has 18 heavy (non-hydrogen) atoms. The van der Waals surface area contributed by atoms with Gasteiger partial charge in [0.05, 0.1) is 6.26 Å². The summed E-state index contributed by atoms with van der Waals surface area (Å²) in [5, 5.41) is 3.23. The monoisotopic (exact) mass is 251 g/mol. The van der Waals surface area contributed by atoms with Crippen molar-refractivity contribution in [2.45, 2.75) is 25.3 Å². The number of hydrogen-bond donors (Lipinski definition) is 2. The van der Waals surface area contributed by atoms with E-state index in [0.717, 1.165) is 5.76 Å². The van der Waals surface area contributed by atoms with Gasteiger partial charge in [0.15, 0.2) is 0 Å². The Bertz CT molecular complexity index is 471. The fraction of sp³-hybridized carbons (Fsp3) is 0.364. The molecule has 1 aromatic rings. The van der Waals surface area contributed by atoms with Crippen LogP contribution in [0.5, 0.6) is 0 Å². The van der Waals surface area contributed by atoms with Crippen LogP contribution in [-0.4, -0.2) is 28.9 Å². The molecule has 0 radical (unpaired) electrons. The van der Waals surface area contributed by atoms with E-state index < -0.39 is 17.5 Å². The Kier molecular flexibility index (Phi) is 3.05. The topological polar surface area (TPSA) is 91.7 Å². The zero-order valence-electron chi connectivity index (χ0n) is 9.80. The van der Waals surface area contributed by atoms with E-state index in [4.69, 9.17) is 4.42 Å². The minimum atomic E-state index is -1.03. The van der Waals surface area contributed by atoms with Crippen LogP contribution in [0.4, 0.5) is 4.79 Å². The fourth-order valence-corrected chi connectivity index (χ4v) is 1.85. The normalized spacial score (nSPS) is 23.1. The lowest BCUT2D eigenvalue weighted by molar-refractivity contribution is -0.135. The van der Waals surface area contributed by atoms with Gasteiger partial charge in [-0.2, -0.15) is 5.01 Å². The number of amides is 4. The van der Waals surface area contributed by atoms with Gasteiger partial charge in [-0.1, -0.05) is 0 Å². The number of aryl methyl sites for hydroxylation is 1. The molecular formula is C11H13N3O4. The first kappa shape index (κ1) is 12.2. The average molecular weight is 251 g/mol. The predicted octanol–water partition coefficient (Wildman–Crippen LogP) is 0.184. The van der Waals surface area contributed by atoms with Gasteiger partial charge in [-0.05, 0) is 25.5 Å². The van der Waals surface area contributed by atoms with E-state index in [1.807, 2.05) is 0 Å². The van der Waals surface area contributed by atoms with Gasteiger partial charge in [-0.15, -0.1) is 0 Å². The molecule has 1 saturated heterocycles. The Balaban J connectivity index is 2.05. The van der Waals surface area contributed by atoms with Crippen LogP contribution in [0.15, 0.2) is 22.8 Å². The number of carbonyl (C=O) groups is 3. The van der Waals surface area contributed by atoms with Crippen molar-refractivity contribution in [3.05, 3.63) is 24.2 Å². The first-order chi connectivity index (χ1) is 8.57. The van der Waals surface area contributed by atoms with Gasteiger partial charge < -0.3 is 9.73 Å². The van der Waals surface area contributed by atoms with Crippen molar-refractivity contribution in [2.24, 2.45) is 0 Å². The summed E-state index contributed by atoms with van der Waals surface area (Å²) in [5.41, 5.74) is 1.03. The second-order valence-corrected chi connectivity index (χ2v) is 4.23. The third-order valence-corrected chi connectivity index (χ3v) is 2.89. The summed E-state index contributed by atoms with van der Waals surface area (Å²) in [7, 11) is 0. The minimum absolute atomic E-state index is 0.287. The molecule has 4 amide bonds. The molecule has 7 nitrogen and oxygen atoms in total. The molecule has 7 heteroatoms. The van der Waals surface area contributed by atoms with E-state index in [0.29, 0.717) is 17.9 Å². The molecular weight excluding hydrogens is 238 g/mol. The third kappa shape index (κ3) is 2.06. The van der Waals surface area contributed by atoms with E-state index >= 15 is 0 Å². The molecule has 0 saturated carbocycles. The van der Waals surface area contributed by atoms with Crippen LogP contribution in [0, 0.1) is 0 Å². The van der Waals surface area contributed by atoms with Crippen molar-refractivity contribution in [2.75, 3.05) is 0 Å². The first-order valence-corrected chi connectivity index (χ1v) is 5.46. The summed E-state index contributed by atoms with van der Waals surface area (Å²) in [5.74, 6) is 0.256. The molecule has 1 aliphatic rings. The van der Waals surface area contributed by atoms with E-state index in [9.17, 15) is 14.4 Å². The van der Waals surface area contributed by atoms with Gasteiger partial charge in [0, 0.05) is 6.42 Å². The van der Waals surface area contributed by atoms with Gasteiger partial charge in [0.25, 0.3) is 5.91 Å². The highest BCUT2D eigenvalue weighted by atomic mass is 16.3. The van der Waals surface area contributed by atoms with Gasteiger partial charge >= 0.3 is 6.03 Å². The molecule has 1 fully saturated rings. The smallest absolute Gasteiger partial charge is 0.344 e. The molecule has 2 heterocycles. The highest BCUT2D eigenvalue weighted by Crippen LogP contribution is 2.22. The molecule has 1 atom stereocenters. The number of furan rings is 1. The van der Waals surface area contributed by atoms with Crippen molar-refractivity contribution >= 4 is 18.3 Å². The average Bonchev–Trinajstić information content (AvgIpc) is 2.91. The van der Waals surface area contributed by atoms with E-state index in [2.05, 4.69) is 10.7 Å². The van der Waals surface area contributed by atoms with E-state index in [1.54, 1.807) is 25.3 Å². The molecule has 0 aliphatic carbocycles. The molecule has 1 aromatic heterocycles. The zero-order chi connectivity index (χ0) is 13.2. The van der Waals surface area contributed by atoms with Crippen molar-refractivity contribution in [1.82, 2.24) is 15.8 Å². The number of nitrogens with zero attached hydrogens (tertiary/aromatic N) is 1. The van der Waals surface area contributed by atoms with Crippen molar-refractivity contribution in [1.29, 1.82) is 0 Å². The zero-order valence-corrected chi connectivity index (χ0v) is 9.80. The SMILES string of the molecule is CC1(CCc2ccco2)NC(=O)N(NC=O)C1=O. The Morgan fingerprint density at radius 1 is 1.56 bits per heavy atom. The van der Waals surface area contributed by atoms with Crippen molar-refractivity contribution < 1.29 is 18.8 Å². The van der Waals surface area contributed by atoms with Crippen LogP contribution in [0.3, 0.4) is 0 Å². The minimum Gasteiger partial charge on any atom is -0.469 e. The lowest BCUT2D eigenvalue weighted by Crippen LogP contribution is -2.46. The van der Waals surface area contributed by atoms with Gasteiger partial charge in [0.1, 0.15) is 11.3 Å². The quantitative estimate of drug-likeness (QED) is 0.577. The van der Waals surface area contributed by atoms with Crippen LogP contribution in [0.2, 0.25) is 0 Å². The maximum atomic E-state index is 12.0. The number of hydrazine groups is 1. The summed E-state index contributed by atoms with van der Waals surface area (Å²) in [6.07, 6.45) is 2.75. The molecule has 2 rings (SSSR count). The summed E-state index contributed by atoms with van der Waals surface area (Å²) in [4.78, 5) is 33.8. The fourth-order valence-electron chi connectivity index (χ4n) is 1.85. The number of urea groups is 1. The molecule has 96 valence electrons. The number of carbonyl (C=O) groups excluding carboxylic acids is 3. The molecule has 1 aliphatic heterocycles. The molecule has 2 N–H and O–H groups in total. The first-order valence-electron chi connectivity index (χ1n) is 5.46. The highest BCUT2D eigenvalue weighted by molar-refractivity contribution is 6.06. The maximum Gasteiger partial charge on any atom is 0.344 e. The highest BCUT2D eigenvalue weighted by Gasteiger charge is 2.47. The third-order valence-electron chi connectivity index (χ3n) is 2.89. The summed E-state index contributed by atoms with van der Waals surface area (Å²) >= 11 is 0. The lowest BCUT2D eigenvalue weighted by atomic mass is 9.95. The summed E-state index contributed by atoms with van der Waals surface area (Å²) in [6, 6.07) is 2.92. The Hall–Kier alpha value is -2.31. The standard InChI is InChI=1S/C11H13N3O4/c1-11(5-4-8-3-2-6-18-8)9(16)14(12-7-15)10(17)13-11/h2-3,6-7H,4-5H2,1H3,(H,12,15)(H,13,17). The molecule has 1 unspecified atom stereocenters. The van der Waals surface area contributed by atoms with Crippen LogP contribution >= 0.6 is 0 Å². The van der Waals surface area contributed by atoms with Crippen LogP contribution < -0.4 is 10.7 Å². The number of hydrogen-bond acceptors (Lipinski definition) is 4.